The third kappa shape index (κ3) is 4.83. The first-order chi connectivity index (χ1) is 15.9. The van der Waals surface area contributed by atoms with E-state index in [2.05, 4.69) is 11.8 Å². The Morgan fingerprint density at radius 1 is 0.697 bits per heavy atom. The van der Waals surface area contributed by atoms with Crippen LogP contribution in [0.5, 0.6) is 5.75 Å². The highest BCUT2D eigenvalue weighted by Gasteiger charge is 2.18. The van der Waals surface area contributed by atoms with Gasteiger partial charge < -0.3 is 4.74 Å². The molecule has 4 aromatic carbocycles. The number of halogens is 5. The summed E-state index contributed by atoms with van der Waals surface area (Å²) in [5, 5.41) is 1.38. The van der Waals surface area contributed by atoms with Gasteiger partial charge >= 0.3 is 0 Å². The summed E-state index contributed by atoms with van der Waals surface area (Å²) in [6.07, 6.45) is 0.654. The number of hydrogen-bond donors (Lipinski definition) is 0. The molecule has 4 aromatic rings. The standard InChI is InChI=1S/C27H17F5O/c1-2-9-33-21-14-25(31)27(26(32)15-21)19-12-23(29)22(24(30)13-19)8-4-16-3-5-18-11-20(28)7-6-17(18)10-16/h3,5-7,10-15H,2,9H2,1H3. The Labute approximate surface area is 187 Å². The lowest BCUT2D eigenvalue weighted by atomic mass is 10.0. The molecule has 0 heterocycles. The molecular formula is C27H17F5O. The maximum atomic E-state index is 14.7. The van der Waals surface area contributed by atoms with Crippen LogP contribution >= 0.6 is 0 Å². The molecule has 6 heteroatoms. The van der Waals surface area contributed by atoms with E-state index in [0.29, 0.717) is 17.4 Å². The van der Waals surface area contributed by atoms with Crippen LogP contribution in [0, 0.1) is 40.9 Å². The smallest absolute Gasteiger partial charge is 0.142 e. The van der Waals surface area contributed by atoms with Gasteiger partial charge in [0.25, 0.3) is 0 Å². The summed E-state index contributed by atoms with van der Waals surface area (Å²) in [6, 6.07) is 12.8. The first-order valence-electron chi connectivity index (χ1n) is 10.2. The molecule has 0 aromatic heterocycles. The van der Waals surface area contributed by atoms with Crippen molar-refractivity contribution in [1.29, 1.82) is 0 Å². The van der Waals surface area contributed by atoms with Gasteiger partial charge in [0, 0.05) is 17.7 Å². The van der Waals surface area contributed by atoms with E-state index < -0.39 is 34.4 Å². The zero-order chi connectivity index (χ0) is 23.5. The van der Waals surface area contributed by atoms with E-state index in [1.807, 2.05) is 6.92 Å². The first-order valence-corrected chi connectivity index (χ1v) is 10.2. The van der Waals surface area contributed by atoms with Gasteiger partial charge in [-0.3, -0.25) is 0 Å². The van der Waals surface area contributed by atoms with E-state index in [-0.39, 0.29) is 23.7 Å². The van der Waals surface area contributed by atoms with Gasteiger partial charge in [0.1, 0.15) is 34.8 Å². The van der Waals surface area contributed by atoms with Crippen LogP contribution in [-0.4, -0.2) is 6.61 Å². The molecule has 0 aliphatic rings. The number of fused-ring (bicyclic) bond motifs is 1. The molecule has 0 amide bonds. The molecule has 1 nitrogen and oxygen atoms in total. The summed E-state index contributed by atoms with van der Waals surface area (Å²) in [4.78, 5) is 0. The quantitative estimate of drug-likeness (QED) is 0.232. The molecule has 0 radical (unpaired) electrons. The van der Waals surface area contributed by atoms with Gasteiger partial charge in [-0.2, -0.15) is 0 Å². The third-order valence-electron chi connectivity index (χ3n) is 4.95. The van der Waals surface area contributed by atoms with Crippen LogP contribution in [-0.2, 0) is 0 Å². The zero-order valence-corrected chi connectivity index (χ0v) is 17.5. The Balaban J connectivity index is 1.67. The van der Waals surface area contributed by atoms with Crippen LogP contribution in [0.1, 0.15) is 24.5 Å². The fraction of sp³-hybridized carbons (Fsp3) is 0.111. The molecule has 0 spiro atoms. The van der Waals surface area contributed by atoms with E-state index in [1.165, 1.54) is 12.1 Å². The summed E-state index contributed by atoms with van der Waals surface area (Å²) in [5.74, 6) is 0.637. The van der Waals surface area contributed by atoms with Crippen LogP contribution < -0.4 is 4.74 Å². The Kier molecular flexibility index (Phi) is 6.32. The van der Waals surface area contributed by atoms with Crippen molar-refractivity contribution in [3.63, 3.8) is 0 Å². The van der Waals surface area contributed by atoms with E-state index in [0.717, 1.165) is 29.7 Å². The second kappa shape index (κ2) is 9.33. The van der Waals surface area contributed by atoms with Crippen LogP contribution in [0.3, 0.4) is 0 Å². The Morgan fingerprint density at radius 3 is 2.00 bits per heavy atom. The van der Waals surface area contributed by atoms with Gasteiger partial charge in [-0.15, -0.1) is 0 Å². The van der Waals surface area contributed by atoms with Gasteiger partial charge in [-0.1, -0.05) is 30.9 Å². The number of hydrogen-bond acceptors (Lipinski definition) is 1. The minimum Gasteiger partial charge on any atom is -0.493 e. The highest BCUT2D eigenvalue weighted by molar-refractivity contribution is 5.84. The molecule has 0 unspecified atom stereocenters. The normalized spacial score (nSPS) is 10.7. The van der Waals surface area contributed by atoms with E-state index >= 15 is 0 Å². The topological polar surface area (TPSA) is 9.23 Å². The number of benzene rings is 4. The maximum absolute atomic E-state index is 14.7. The van der Waals surface area contributed by atoms with Gasteiger partial charge in [-0.05, 0) is 59.2 Å². The molecule has 0 atom stereocenters. The summed E-state index contributed by atoms with van der Waals surface area (Å²) in [6.45, 7) is 2.13. The maximum Gasteiger partial charge on any atom is 0.142 e. The van der Waals surface area contributed by atoms with Gasteiger partial charge in [-0.25, -0.2) is 22.0 Å². The lowest BCUT2D eigenvalue weighted by molar-refractivity contribution is 0.314. The van der Waals surface area contributed by atoms with Crippen molar-refractivity contribution >= 4 is 10.8 Å². The van der Waals surface area contributed by atoms with Crippen molar-refractivity contribution in [3.8, 4) is 28.7 Å². The molecule has 4 rings (SSSR count). The second-order valence-electron chi connectivity index (χ2n) is 7.38. The van der Waals surface area contributed by atoms with Crippen molar-refractivity contribution in [2.24, 2.45) is 0 Å². The van der Waals surface area contributed by atoms with Gasteiger partial charge in [0.05, 0.1) is 17.7 Å². The first kappa shape index (κ1) is 22.3. The predicted octanol–water partition coefficient (Wildman–Crippen LogP) is 7.39. The molecule has 0 saturated heterocycles. The van der Waals surface area contributed by atoms with Gasteiger partial charge in [0.2, 0.25) is 0 Å². The molecule has 166 valence electrons. The SMILES string of the molecule is CCCOc1cc(F)c(-c2cc(F)c(C#Cc3ccc4cc(F)ccc4c3)c(F)c2)c(F)c1. The fourth-order valence-corrected chi connectivity index (χ4v) is 3.39. The fourth-order valence-electron chi connectivity index (χ4n) is 3.39. The average molecular weight is 452 g/mol. The minimum absolute atomic E-state index is 0.00264. The highest BCUT2D eigenvalue weighted by Crippen LogP contribution is 2.32. The Bertz CT molecular complexity index is 1370. The van der Waals surface area contributed by atoms with Crippen molar-refractivity contribution < 1.29 is 26.7 Å². The lowest BCUT2D eigenvalue weighted by Gasteiger charge is -2.10. The zero-order valence-electron chi connectivity index (χ0n) is 17.5. The van der Waals surface area contributed by atoms with Crippen molar-refractivity contribution in [2.45, 2.75) is 13.3 Å². The molecular weight excluding hydrogens is 435 g/mol. The molecule has 0 fully saturated rings. The van der Waals surface area contributed by atoms with Crippen molar-refractivity contribution in [2.75, 3.05) is 6.61 Å². The van der Waals surface area contributed by atoms with E-state index in [4.69, 9.17) is 4.74 Å². The van der Waals surface area contributed by atoms with Crippen LogP contribution in [0.25, 0.3) is 21.9 Å². The van der Waals surface area contributed by atoms with Crippen molar-refractivity contribution in [1.82, 2.24) is 0 Å². The number of rotatable bonds is 4. The molecule has 33 heavy (non-hydrogen) atoms. The number of ether oxygens (including phenoxy) is 1. The second-order valence-corrected chi connectivity index (χ2v) is 7.38. The van der Waals surface area contributed by atoms with E-state index in [9.17, 15) is 22.0 Å². The monoisotopic (exact) mass is 452 g/mol. The van der Waals surface area contributed by atoms with Crippen LogP contribution in [0.4, 0.5) is 22.0 Å². The minimum atomic E-state index is -1.05. The summed E-state index contributed by atoms with van der Waals surface area (Å²) in [7, 11) is 0. The molecule has 0 bridgehead atoms. The Morgan fingerprint density at radius 2 is 1.33 bits per heavy atom. The molecule has 0 aliphatic heterocycles. The van der Waals surface area contributed by atoms with Crippen LogP contribution in [0.15, 0.2) is 60.7 Å². The molecule has 0 aliphatic carbocycles. The predicted molar refractivity (Wildman–Crippen MR) is 117 cm³/mol. The lowest BCUT2D eigenvalue weighted by Crippen LogP contribution is -1.99. The molecule has 0 N–H and O–H groups in total. The van der Waals surface area contributed by atoms with Crippen LogP contribution in [0.2, 0.25) is 0 Å². The average Bonchev–Trinajstić information content (AvgIpc) is 2.76. The molecule has 0 saturated carbocycles. The highest BCUT2D eigenvalue weighted by atomic mass is 19.1. The summed E-state index contributed by atoms with van der Waals surface area (Å²) in [5.41, 5.74) is -0.906. The largest absolute Gasteiger partial charge is 0.493 e. The Hall–Kier alpha value is -3.85. The van der Waals surface area contributed by atoms with Crippen molar-refractivity contribution in [3.05, 3.63) is 101 Å². The summed E-state index contributed by atoms with van der Waals surface area (Å²) < 4.78 is 76.8. The van der Waals surface area contributed by atoms with E-state index in [1.54, 1.807) is 24.3 Å². The third-order valence-corrected chi connectivity index (χ3v) is 4.95. The van der Waals surface area contributed by atoms with Gasteiger partial charge in [0.15, 0.2) is 0 Å². The summed E-state index contributed by atoms with van der Waals surface area (Å²) >= 11 is 0.